The summed E-state index contributed by atoms with van der Waals surface area (Å²) in [6, 6.07) is 5.84. The van der Waals surface area contributed by atoms with Gasteiger partial charge in [0.05, 0.1) is 29.1 Å². The van der Waals surface area contributed by atoms with Crippen molar-refractivity contribution in [2.45, 2.75) is 26.2 Å². The minimum atomic E-state index is -4.79. The minimum Gasteiger partial charge on any atom is -0.493 e. The van der Waals surface area contributed by atoms with E-state index in [1.165, 1.54) is 6.07 Å². The van der Waals surface area contributed by atoms with Crippen molar-refractivity contribution < 1.29 is 35.6 Å². The van der Waals surface area contributed by atoms with Gasteiger partial charge in [-0.3, -0.25) is 0 Å². The van der Waals surface area contributed by atoms with Crippen molar-refractivity contribution in [2.75, 3.05) is 6.61 Å². The maximum Gasteiger partial charge on any atom is 0.433 e. The van der Waals surface area contributed by atoms with Crippen molar-refractivity contribution in [3.05, 3.63) is 53.3 Å². The SMILES string of the molecule is CCOc1cc(C(F)(F)F)nc(-c2ccc(C(F)(F)F)cc2)c1-c1cc(C)no1. The summed E-state index contributed by atoms with van der Waals surface area (Å²) in [5.41, 5.74) is -1.84. The fraction of sp³-hybridized carbons (Fsp3) is 0.263. The Bertz CT molecular complexity index is 1010. The number of benzene rings is 1. The number of pyridine rings is 1. The standard InChI is InChI=1S/C19H14F6N2O2/c1-3-28-13-9-15(19(23,24)25)26-17(16(13)14-8-10(2)27-29-14)11-4-6-12(7-5-11)18(20,21)22/h4-9H,3H2,1-2H3. The fourth-order valence-corrected chi connectivity index (χ4v) is 2.68. The molecule has 29 heavy (non-hydrogen) atoms. The van der Waals surface area contributed by atoms with E-state index in [4.69, 9.17) is 9.26 Å². The quantitative estimate of drug-likeness (QED) is 0.479. The molecule has 3 aromatic rings. The molecule has 0 saturated heterocycles. The van der Waals surface area contributed by atoms with Crippen LogP contribution < -0.4 is 4.74 Å². The first-order valence-corrected chi connectivity index (χ1v) is 8.37. The maximum absolute atomic E-state index is 13.4. The van der Waals surface area contributed by atoms with Crippen LogP contribution in [0, 0.1) is 6.92 Å². The van der Waals surface area contributed by atoms with Gasteiger partial charge in [0.25, 0.3) is 0 Å². The highest BCUT2D eigenvalue weighted by atomic mass is 19.4. The Kier molecular flexibility index (Phi) is 5.29. The molecule has 0 spiro atoms. The molecule has 0 saturated carbocycles. The molecule has 0 bridgehead atoms. The second-order valence-electron chi connectivity index (χ2n) is 6.07. The van der Waals surface area contributed by atoms with Gasteiger partial charge >= 0.3 is 12.4 Å². The topological polar surface area (TPSA) is 48.2 Å². The van der Waals surface area contributed by atoms with E-state index in [1.54, 1.807) is 13.8 Å². The van der Waals surface area contributed by atoms with Crippen molar-refractivity contribution in [3.8, 4) is 28.3 Å². The van der Waals surface area contributed by atoms with Gasteiger partial charge in [-0.15, -0.1) is 0 Å². The Morgan fingerprint density at radius 2 is 1.62 bits per heavy atom. The number of aromatic nitrogens is 2. The highest BCUT2D eigenvalue weighted by molar-refractivity contribution is 5.83. The fourth-order valence-electron chi connectivity index (χ4n) is 2.68. The number of hydrogen-bond donors (Lipinski definition) is 0. The van der Waals surface area contributed by atoms with Gasteiger partial charge in [-0.2, -0.15) is 26.3 Å². The average molecular weight is 416 g/mol. The number of hydrogen-bond acceptors (Lipinski definition) is 4. The van der Waals surface area contributed by atoms with E-state index in [2.05, 4.69) is 10.1 Å². The van der Waals surface area contributed by atoms with E-state index in [0.29, 0.717) is 5.69 Å². The lowest BCUT2D eigenvalue weighted by Gasteiger charge is -2.16. The molecule has 2 heterocycles. The van der Waals surface area contributed by atoms with Crippen LogP contribution in [0.25, 0.3) is 22.6 Å². The second kappa shape index (κ2) is 7.41. The molecule has 0 atom stereocenters. The lowest BCUT2D eigenvalue weighted by atomic mass is 10.0. The number of nitrogens with zero attached hydrogens (tertiary/aromatic N) is 2. The number of rotatable bonds is 4. The van der Waals surface area contributed by atoms with Crippen LogP contribution in [0.1, 0.15) is 23.9 Å². The first kappa shape index (κ1) is 20.7. The Labute approximate surface area is 161 Å². The predicted octanol–water partition coefficient (Wildman–Crippen LogP) is 6.15. The van der Waals surface area contributed by atoms with Crippen LogP contribution in [0.5, 0.6) is 5.75 Å². The normalized spacial score (nSPS) is 12.3. The summed E-state index contributed by atoms with van der Waals surface area (Å²) in [5, 5.41) is 3.72. The molecule has 0 aliphatic heterocycles. The molecule has 0 amide bonds. The third-order valence-electron chi connectivity index (χ3n) is 3.93. The summed E-state index contributed by atoms with van der Waals surface area (Å²) in [5.74, 6) is -0.0806. The summed E-state index contributed by atoms with van der Waals surface area (Å²) in [7, 11) is 0. The van der Waals surface area contributed by atoms with Crippen LogP contribution in [0.2, 0.25) is 0 Å². The van der Waals surface area contributed by atoms with Gasteiger partial charge in [0.2, 0.25) is 0 Å². The first-order chi connectivity index (χ1) is 13.5. The molecule has 2 aromatic heterocycles. The number of halogens is 6. The smallest absolute Gasteiger partial charge is 0.433 e. The molecule has 0 unspecified atom stereocenters. The highest BCUT2D eigenvalue weighted by Crippen LogP contribution is 2.42. The summed E-state index contributed by atoms with van der Waals surface area (Å²) in [4.78, 5) is 3.66. The van der Waals surface area contributed by atoms with E-state index >= 15 is 0 Å². The van der Waals surface area contributed by atoms with Crippen LogP contribution in [0.4, 0.5) is 26.3 Å². The Hall–Kier alpha value is -3.04. The Morgan fingerprint density at radius 3 is 2.10 bits per heavy atom. The number of ether oxygens (including phenoxy) is 1. The minimum absolute atomic E-state index is 0.0362. The summed E-state index contributed by atoms with van der Waals surface area (Å²) in [6.07, 6.45) is -9.37. The molecule has 3 rings (SSSR count). The first-order valence-electron chi connectivity index (χ1n) is 8.37. The maximum atomic E-state index is 13.4. The third-order valence-corrected chi connectivity index (χ3v) is 3.93. The van der Waals surface area contributed by atoms with Gasteiger partial charge in [0.1, 0.15) is 11.4 Å². The van der Waals surface area contributed by atoms with Crippen molar-refractivity contribution in [2.24, 2.45) is 0 Å². The zero-order valence-corrected chi connectivity index (χ0v) is 15.1. The lowest BCUT2D eigenvalue weighted by molar-refractivity contribution is -0.141. The molecular formula is C19H14F6N2O2. The van der Waals surface area contributed by atoms with E-state index in [9.17, 15) is 26.3 Å². The number of alkyl halides is 6. The summed E-state index contributed by atoms with van der Waals surface area (Å²) >= 11 is 0. The highest BCUT2D eigenvalue weighted by Gasteiger charge is 2.36. The molecule has 154 valence electrons. The molecule has 4 nitrogen and oxygen atoms in total. The van der Waals surface area contributed by atoms with Gasteiger partial charge in [0, 0.05) is 17.7 Å². The molecule has 0 aliphatic carbocycles. The third kappa shape index (κ3) is 4.36. The van der Waals surface area contributed by atoms with Gasteiger partial charge in [-0.25, -0.2) is 4.98 Å². The van der Waals surface area contributed by atoms with E-state index < -0.39 is 23.6 Å². The summed E-state index contributed by atoms with van der Waals surface area (Å²) < 4.78 is 89.2. The van der Waals surface area contributed by atoms with Crippen LogP contribution in [0.15, 0.2) is 40.9 Å². The monoisotopic (exact) mass is 416 g/mol. The van der Waals surface area contributed by atoms with Crippen LogP contribution in [0.3, 0.4) is 0 Å². The van der Waals surface area contributed by atoms with Gasteiger partial charge < -0.3 is 9.26 Å². The average Bonchev–Trinajstić information content (AvgIpc) is 3.06. The van der Waals surface area contributed by atoms with Crippen molar-refractivity contribution >= 4 is 0 Å². The van der Waals surface area contributed by atoms with Gasteiger partial charge in [-0.1, -0.05) is 17.3 Å². The van der Waals surface area contributed by atoms with Crippen molar-refractivity contribution in [1.29, 1.82) is 0 Å². The van der Waals surface area contributed by atoms with E-state index in [1.807, 2.05) is 0 Å². The molecule has 0 fully saturated rings. The molecular weight excluding hydrogens is 402 g/mol. The van der Waals surface area contributed by atoms with Crippen LogP contribution >= 0.6 is 0 Å². The van der Waals surface area contributed by atoms with Crippen molar-refractivity contribution in [3.63, 3.8) is 0 Å². The molecule has 0 N–H and O–H groups in total. The largest absolute Gasteiger partial charge is 0.493 e. The zero-order valence-electron chi connectivity index (χ0n) is 15.1. The van der Waals surface area contributed by atoms with Crippen LogP contribution in [-0.2, 0) is 12.4 Å². The predicted molar refractivity (Wildman–Crippen MR) is 91.1 cm³/mol. The second-order valence-corrected chi connectivity index (χ2v) is 6.07. The Balaban J connectivity index is 2.28. The van der Waals surface area contributed by atoms with Crippen molar-refractivity contribution in [1.82, 2.24) is 10.1 Å². The molecule has 0 radical (unpaired) electrons. The number of aryl methyl sites for hydroxylation is 1. The van der Waals surface area contributed by atoms with E-state index in [-0.39, 0.29) is 34.9 Å². The van der Waals surface area contributed by atoms with Gasteiger partial charge in [0.15, 0.2) is 5.76 Å². The molecule has 1 aromatic carbocycles. The zero-order chi connectivity index (χ0) is 21.4. The lowest BCUT2D eigenvalue weighted by Crippen LogP contribution is -2.11. The summed E-state index contributed by atoms with van der Waals surface area (Å²) in [6.45, 7) is 3.25. The molecule has 10 heteroatoms. The Morgan fingerprint density at radius 1 is 0.966 bits per heavy atom. The van der Waals surface area contributed by atoms with Crippen LogP contribution in [-0.4, -0.2) is 16.7 Å². The molecule has 0 aliphatic rings. The van der Waals surface area contributed by atoms with E-state index in [0.717, 1.165) is 30.3 Å². The van der Waals surface area contributed by atoms with Gasteiger partial charge in [-0.05, 0) is 26.0 Å².